The number of hydrogen-bond acceptors (Lipinski definition) is 3. The molecule has 3 N–H and O–H groups in total. The standard InChI is InChI=1S/C29H46N2O4/c1-4-6-7-8-9-10-11-12-13-14-15-16-17-26(32)30-22-24-18-20-25(21-19-24)28(33)31-27(29(34)35)23(3)5-2/h8-9,18-21,23,27H,4-7,10-17,22H2,1-3H3,(H,30,32)(H,31,33)(H,34,35)/b9-8-/t23-,27-/m0/s1. The second-order valence-corrected chi connectivity index (χ2v) is 9.42. The molecule has 0 radical (unpaired) electrons. The summed E-state index contributed by atoms with van der Waals surface area (Å²) in [5, 5.41) is 14.9. The number of hydrogen-bond donors (Lipinski definition) is 3. The molecule has 6 heteroatoms. The van der Waals surface area contributed by atoms with Crippen LogP contribution in [0.3, 0.4) is 0 Å². The van der Waals surface area contributed by atoms with Crippen LogP contribution in [0.4, 0.5) is 0 Å². The van der Waals surface area contributed by atoms with Gasteiger partial charge >= 0.3 is 5.97 Å². The molecule has 2 atom stereocenters. The number of carboxylic acids is 1. The summed E-state index contributed by atoms with van der Waals surface area (Å²) in [7, 11) is 0. The molecule has 0 aromatic heterocycles. The lowest BCUT2D eigenvalue weighted by Gasteiger charge is -2.20. The van der Waals surface area contributed by atoms with Crippen molar-refractivity contribution in [2.24, 2.45) is 5.92 Å². The van der Waals surface area contributed by atoms with E-state index in [4.69, 9.17) is 0 Å². The van der Waals surface area contributed by atoms with E-state index >= 15 is 0 Å². The molecule has 0 unspecified atom stereocenters. The van der Waals surface area contributed by atoms with Gasteiger partial charge in [-0.05, 0) is 49.3 Å². The molecular weight excluding hydrogens is 440 g/mol. The first-order valence-electron chi connectivity index (χ1n) is 13.4. The maximum absolute atomic E-state index is 12.4. The fraction of sp³-hybridized carbons (Fsp3) is 0.621. The Morgan fingerprint density at radius 2 is 1.49 bits per heavy atom. The molecular formula is C29H46N2O4. The van der Waals surface area contributed by atoms with Gasteiger partial charge in [-0.15, -0.1) is 0 Å². The van der Waals surface area contributed by atoms with Crippen molar-refractivity contribution in [2.75, 3.05) is 0 Å². The maximum atomic E-state index is 12.4. The first-order chi connectivity index (χ1) is 16.9. The number of carbonyl (C=O) groups is 3. The highest BCUT2D eigenvalue weighted by molar-refractivity contribution is 5.96. The van der Waals surface area contributed by atoms with Crippen LogP contribution in [-0.4, -0.2) is 28.9 Å². The molecule has 2 amide bonds. The third-order valence-corrected chi connectivity index (χ3v) is 6.39. The molecule has 0 spiro atoms. The quantitative estimate of drug-likeness (QED) is 0.156. The van der Waals surface area contributed by atoms with Crippen molar-refractivity contribution in [3.8, 4) is 0 Å². The number of carbonyl (C=O) groups excluding carboxylic acids is 2. The van der Waals surface area contributed by atoms with Gasteiger partial charge in [0, 0.05) is 18.5 Å². The predicted octanol–water partition coefficient (Wildman–Crippen LogP) is 6.40. The number of rotatable bonds is 19. The van der Waals surface area contributed by atoms with E-state index < -0.39 is 17.9 Å². The number of amides is 2. The minimum atomic E-state index is -1.03. The Morgan fingerprint density at radius 1 is 0.886 bits per heavy atom. The van der Waals surface area contributed by atoms with Crippen LogP contribution in [0.25, 0.3) is 0 Å². The molecule has 0 heterocycles. The lowest BCUT2D eigenvalue weighted by Crippen LogP contribution is -2.45. The second-order valence-electron chi connectivity index (χ2n) is 9.42. The van der Waals surface area contributed by atoms with Gasteiger partial charge in [0.25, 0.3) is 5.91 Å². The molecule has 0 saturated carbocycles. The minimum Gasteiger partial charge on any atom is -0.480 e. The van der Waals surface area contributed by atoms with Gasteiger partial charge in [0.15, 0.2) is 0 Å². The summed E-state index contributed by atoms with van der Waals surface area (Å²) < 4.78 is 0. The molecule has 1 aromatic rings. The number of aliphatic carboxylic acids is 1. The topological polar surface area (TPSA) is 95.5 Å². The molecule has 0 aliphatic rings. The van der Waals surface area contributed by atoms with Gasteiger partial charge in [-0.25, -0.2) is 4.79 Å². The van der Waals surface area contributed by atoms with Crippen LogP contribution in [-0.2, 0) is 16.1 Å². The summed E-state index contributed by atoms with van der Waals surface area (Å²) in [5.41, 5.74) is 1.30. The Hall–Kier alpha value is -2.63. The lowest BCUT2D eigenvalue weighted by molar-refractivity contribution is -0.140. The van der Waals surface area contributed by atoms with E-state index in [9.17, 15) is 19.5 Å². The Balaban J connectivity index is 2.20. The highest BCUT2D eigenvalue weighted by atomic mass is 16.4. The van der Waals surface area contributed by atoms with Crippen LogP contribution >= 0.6 is 0 Å². The molecule has 0 aliphatic heterocycles. The third kappa shape index (κ3) is 13.7. The zero-order chi connectivity index (χ0) is 25.9. The molecule has 6 nitrogen and oxygen atoms in total. The first kappa shape index (κ1) is 30.4. The van der Waals surface area contributed by atoms with E-state index in [1.54, 1.807) is 31.2 Å². The van der Waals surface area contributed by atoms with Crippen LogP contribution in [0, 0.1) is 5.92 Å². The van der Waals surface area contributed by atoms with E-state index in [1.807, 2.05) is 6.92 Å². The van der Waals surface area contributed by atoms with Crippen LogP contribution in [0.2, 0.25) is 0 Å². The van der Waals surface area contributed by atoms with Gasteiger partial charge in [0.05, 0.1) is 0 Å². The van der Waals surface area contributed by atoms with Gasteiger partial charge < -0.3 is 15.7 Å². The Labute approximate surface area is 212 Å². The van der Waals surface area contributed by atoms with E-state index in [0.29, 0.717) is 24.9 Å². The molecule has 1 rings (SSSR count). The fourth-order valence-corrected chi connectivity index (χ4v) is 3.78. The van der Waals surface area contributed by atoms with Crippen molar-refractivity contribution in [1.82, 2.24) is 10.6 Å². The molecule has 35 heavy (non-hydrogen) atoms. The fourth-order valence-electron chi connectivity index (χ4n) is 3.78. The Bertz CT molecular complexity index is 773. The Kier molecular flexibility index (Phi) is 16.2. The summed E-state index contributed by atoms with van der Waals surface area (Å²) in [4.78, 5) is 35.9. The molecule has 0 aliphatic carbocycles. The second kappa shape index (κ2) is 18.7. The molecule has 0 bridgehead atoms. The molecule has 0 fully saturated rings. The van der Waals surface area contributed by atoms with Crippen molar-refractivity contribution in [3.05, 3.63) is 47.5 Å². The van der Waals surface area contributed by atoms with E-state index in [-0.39, 0.29) is 11.8 Å². The summed E-state index contributed by atoms with van der Waals surface area (Å²) in [6.07, 6.45) is 17.6. The van der Waals surface area contributed by atoms with Crippen molar-refractivity contribution in [2.45, 2.75) is 110 Å². The van der Waals surface area contributed by atoms with Crippen LogP contribution < -0.4 is 10.6 Å². The van der Waals surface area contributed by atoms with Crippen LogP contribution in [0.5, 0.6) is 0 Å². The van der Waals surface area contributed by atoms with E-state index in [2.05, 4.69) is 29.7 Å². The van der Waals surface area contributed by atoms with E-state index in [0.717, 1.165) is 18.4 Å². The smallest absolute Gasteiger partial charge is 0.326 e. The summed E-state index contributed by atoms with van der Waals surface area (Å²) in [6, 6.07) is 5.98. The highest BCUT2D eigenvalue weighted by Crippen LogP contribution is 2.12. The van der Waals surface area contributed by atoms with Crippen LogP contribution in [0.15, 0.2) is 36.4 Å². The summed E-state index contributed by atoms with van der Waals surface area (Å²) in [5.74, 6) is -1.55. The zero-order valence-electron chi connectivity index (χ0n) is 22.0. The minimum absolute atomic E-state index is 0.0434. The summed E-state index contributed by atoms with van der Waals surface area (Å²) in [6.45, 7) is 6.33. The molecule has 0 saturated heterocycles. The molecule has 196 valence electrons. The first-order valence-corrected chi connectivity index (χ1v) is 13.4. The number of benzene rings is 1. The third-order valence-electron chi connectivity index (χ3n) is 6.39. The maximum Gasteiger partial charge on any atom is 0.326 e. The average Bonchev–Trinajstić information content (AvgIpc) is 2.86. The monoisotopic (exact) mass is 486 g/mol. The van der Waals surface area contributed by atoms with Gasteiger partial charge in [-0.2, -0.15) is 0 Å². The number of carboxylic acid groups (broad SMARTS) is 1. The average molecular weight is 487 g/mol. The zero-order valence-corrected chi connectivity index (χ0v) is 22.0. The number of nitrogens with one attached hydrogen (secondary N) is 2. The lowest BCUT2D eigenvalue weighted by atomic mass is 9.99. The van der Waals surface area contributed by atoms with Gasteiger partial charge in [-0.3, -0.25) is 9.59 Å². The Morgan fingerprint density at radius 3 is 2.09 bits per heavy atom. The largest absolute Gasteiger partial charge is 0.480 e. The molecule has 1 aromatic carbocycles. The normalized spacial score (nSPS) is 12.9. The van der Waals surface area contributed by atoms with Crippen molar-refractivity contribution in [3.63, 3.8) is 0 Å². The highest BCUT2D eigenvalue weighted by Gasteiger charge is 2.25. The van der Waals surface area contributed by atoms with Gasteiger partial charge in [-0.1, -0.05) is 90.0 Å². The van der Waals surface area contributed by atoms with E-state index in [1.165, 1.54) is 51.4 Å². The number of unbranched alkanes of at least 4 members (excludes halogenated alkanes) is 8. The number of allylic oxidation sites excluding steroid dienone is 2. The SMILES string of the molecule is CCCC/C=C\CCCCCCCCC(=O)NCc1ccc(C(=O)N[C@H](C(=O)O)[C@@H](C)CC)cc1. The van der Waals surface area contributed by atoms with Gasteiger partial charge in [0.2, 0.25) is 5.91 Å². The van der Waals surface area contributed by atoms with Crippen molar-refractivity contribution >= 4 is 17.8 Å². The summed E-state index contributed by atoms with van der Waals surface area (Å²) >= 11 is 0. The predicted molar refractivity (Wildman–Crippen MR) is 142 cm³/mol. The van der Waals surface area contributed by atoms with Gasteiger partial charge in [0.1, 0.15) is 6.04 Å². The van der Waals surface area contributed by atoms with Crippen molar-refractivity contribution < 1.29 is 19.5 Å². The van der Waals surface area contributed by atoms with Crippen molar-refractivity contribution in [1.29, 1.82) is 0 Å². The van der Waals surface area contributed by atoms with Crippen LogP contribution in [0.1, 0.15) is 114 Å².